The Morgan fingerprint density at radius 1 is 0.279 bits per heavy atom. The molecule has 0 aliphatic rings. The van der Waals surface area contributed by atoms with Crippen LogP contribution in [-0.4, -0.2) is 96.7 Å². The van der Waals surface area contributed by atoms with Gasteiger partial charge in [-0.2, -0.15) is 0 Å². The number of hydrogen-bond donors (Lipinski definition) is 3. The van der Waals surface area contributed by atoms with E-state index in [-0.39, 0.29) is 25.7 Å². The minimum absolute atomic E-state index is 0.108. The molecule has 0 aromatic rings. The van der Waals surface area contributed by atoms with Gasteiger partial charge in [-0.05, 0) is 37.5 Å². The maximum Gasteiger partial charge on any atom is 0.472 e. The van der Waals surface area contributed by atoms with Crippen LogP contribution in [0.25, 0.3) is 0 Å². The zero-order valence-electron chi connectivity index (χ0n) is 68.3. The SMILES string of the molecule is CCCCCCCCCCCCCCCCCC(=O)O[C@H](COC(=O)CCCCCCCCCC)COP(=O)(O)OC[C@H](O)COP(=O)(O)OC[C@@H](COC(=O)CCCCCCCCCCCCCCCCCCC(C)C)OC(=O)CCCCCCCCCCCCCCCCCCCCC(C)CC. The Balaban J connectivity index is 5.18. The molecule has 17 nitrogen and oxygen atoms in total. The summed E-state index contributed by atoms with van der Waals surface area (Å²) in [4.78, 5) is 73.1. The van der Waals surface area contributed by atoms with Crippen LogP contribution in [0.3, 0.4) is 0 Å². The van der Waals surface area contributed by atoms with Crippen molar-refractivity contribution in [3.63, 3.8) is 0 Å². The van der Waals surface area contributed by atoms with Crippen LogP contribution in [0.5, 0.6) is 0 Å². The number of phosphoric ester groups is 2. The van der Waals surface area contributed by atoms with Gasteiger partial charge in [0.2, 0.25) is 0 Å². The van der Waals surface area contributed by atoms with Crippen LogP contribution in [0.2, 0.25) is 0 Å². The van der Waals surface area contributed by atoms with Crippen LogP contribution in [0.4, 0.5) is 0 Å². The fourth-order valence-electron chi connectivity index (χ4n) is 13.2. The molecule has 0 aliphatic carbocycles. The largest absolute Gasteiger partial charge is 0.472 e. The molecule has 6 atom stereocenters. The second-order valence-electron chi connectivity index (χ2n) is 31.3. The number of unbranched alkanes of at least 4 members (excludes halogenated alkanes) is 53. The average molecular weight is 1520 g/mol. The van der Waals surface area contributed by atoms with Crippen molar-refractivity contribution < 1.29 is 80.2 Å². The van der Waals surface area contributed by atoms with Crippen molar-refractivity contribution >= 4 is 39.5 Å². The number of phosphoric acid groups is 2. The molecule has 0 heterocycles. The second kappa shape index (κ2) is 76.4. The predicted molar refractivity (Wildman–Crippen MR) is 428 cm³/mol. The van der Waals surface area contributed by atoms with Crippen molar-refractivity contribution in [2.45, 2.75) is 471 Å². The molecule has 0 aliphatic heterocycles. The van der Waals surface area contributed by atoms with Crippen LogP contribution in [0.1, 0.15) is 452 Å². The molecule has 0 spiro atoms. The quantitative estimate of drug-likeness (QED) is 0.0222. The number of carbonyl (C=O) groups is 4. The van der Waals surface area contributed by atoms with Gasteiger partial charge in [-0.3, -0.25) is 37.3 Å². The fraction of sp³-hybridized carbons (Fsp3) is 0.953. The molecule has 19 heteroatoms. The van der Waals surface area contributed by atoms with Gasteiger partial charge in [0.15, 0.2) is 12.2 Å². The van der Waals surface area contributed by atoms with E-state index in [4.69, 9.17) is 37.0 Å². The lowest BCUT2D eigenvalue weighted by molar-refractivity contribution is -0.161. The Morgan fingerprint density at radius 2 is 0.490 bits per heavy atom. The lowest BCUT2D eigenvalue weighted by atomic mass is 9.99. The van der Waals surface area contributed by atoms with E-state index in [1.165, 1.54) is 263 Å². The minimum Gasteiger partial charge on any atom is -0.462 e. The zero-order valence-corrected chi connectivity index (χ0v) is 70.1. The van der Waals surface area contributed by atoms with Gasteiger partial charge >= 0.3 is 39.5 Å². The number of rotatable bonds is 84. The van der Waals surface area contributed by atoms with Crippen molar-refractivity contribution in [3.8, 4) is 0 Å². The molecule has 0 aromatic heterocycles. The molecule has 0 fully saturated rings. The van der Waals surface area contributed by atoms with E-state index in [0.717, 1.165) is 108 Å². The summed E-state index contributed by atoms with van der Waals surface area (Å²) in [5.41, 5.74) is 0. The molecule has 0 saturated heterocycles. The summed E-state index contributed by atoms with van der Waals surface area (Å²) < 4.78 is 68.8. The van der Waals surface area contributed by atoms with Crippen LogP contribution < -0.4 is 0 Å². The smallest absolute Gasteiger partial charge is 0.462 e. The van der Waals surface area contributed by atoms with Crippen molar-refractivity contribution in [2.75, 3.05) is 39.6 Å². The molecule has 0 rings (SSSR count). The van der Waals surface area contributed by atoms with E-state index in [9.17, 15) is 43.2 Å². The van der Waals surface area contributed by atoms with Gasteiger partial charge in [0.05, 0.1) is 26.4 Å². The molecule has 104 heavy (non-hydrogen) atoms. The van der Waals surface area contributed by atoms with E-state index >= 15 is 0 Å². The highest BCUT2D eigenvalue weighted by atomic mass is 31.2. The van der Waals surface area contributed by atoms with E-state index in [2.05, 4.69) is 41.5 Å². The molecular formula is C85H166O17P2. The van der Waals surface area contributed by atoms with Crippen molar-refractivity contribution in [1.29, 1.82) is 0 Å². The first-order chi connectivity index (χ1) is 50.4. The molecule has 0 radical (unpaired) electrons. The van der Waals surface area contributed by atoms with Crippen molar-refractivity contribution in [1.82, 2.24) is 0 Å². The van der Waals surface area contributed by atoms with Crippen LogP contribution in [-0.2, 0) is 65.4 Å². The molecule has 0 bridgehead atoms. The molecule has 3 N–H and O–H groups in total. The Bertz CT molecular complexity index is 2000. The lowest BCUT2D eigenvalue weighted by Crippen LogP contribution is -2.30. The first-order valence-corrected chi connectivity index (χ1v) is 47.0. The average Bonchev–Trinajstić information content (AvgIpc) is 0.910. The topological polar surface area (TPSA) is 237 Å². The molecule has 0 amide bonds. The minimum atomic E-state index is -4.96. The summed E-state index contributed by atoms with van der Waals surface area (Å²) >= 11 is 0. The van der Waals surface area contributed by atoms with Crippen LogP contribution in [0.15, 0.2) is 0 Å². The number of ether oxygens (including phenoxy) is 4. The van der Waals surface area contributed by atoms with Gasteiger partial charge in [0.25, 0.3) is 0 Å². The van der Waals surface area contributed by atoms with Gasteiger partial charge in [-0.1, -0.05) is 401 Å². The molecule has 0 aromatic carbocycles. The van der Waals surface area contributed by atoms with E-state index in [1.54, 1.807) is 0 Å². The second-order valence-corrected chi connectivity index (χ2v) is 34.2. The number of carbonyl (C=O) groups excluding carboxylic acids is 4. The maximum atomic E-state index is 13.1. The maximum absolute atomic E-state index is 13.1. The first-order valence-electron chi connectivity index (χ1n) is 44.0. The third-order valence-corrected chi connectivity index (χ3v) is 22.2. The highest BCUT2D eigenvalue weighted by Crippen LogP contribution is 2.45. The first kappa shape index (κ1) is 102. The normalized spacial score (nSPS) is 14.1. The third-order valence-electron chi connectivity index (χ3n) is 20.3. The van der Waals surface area contributed by atoms with Crippen molar-refractivity contribution in [3.05, 3.63) is 0 Å². The Labute approximate surface area is 638 Å². The molecule has 0 saturated carbocycles. The zero-order chi connectivity index (χ0) is 76.4. The Morgan fingerprint density at radius 3 is 0.731 bits per heavy atom. The summed E-state index contributed by atoms with van der Waals surface area (Å²) in [6.45, 7) is 9.74. The standard InChI is InChI=1S/C85H166O17P2/c1-7-10-12-14-16-18-19-20-27-35-40-45-51-57-63-69-84(89)101-80(73-95-82(87)67-61-55-49-17-15-13-11-8-2)75-99-103(91,92)97-71-79(86)72-98-104(93,94)100-76-81(74-96-83(88)68-62-56-50-44-39-34-30-26-25-28-32-37-42-47-53-59-65-77(4)5)102-85(90)70-64-58-52-46-41-36-31-24-22-21-23-29-33-38-43-48-54-60-66-78(6)9-3/h77-81,86H,7-76H2,1-6H3,(H,91,92)(H,93,94)/t78?,79-,80+,81+/m0/s1. The lowest BCUT2D eigenvalue weighted by Gasteiger charge is -2.21. The molecule has 618 valence electrons. The number of esters is 4. The summed E-state index contributed by atoms with van der Waals surface area (Å²) in [5.74, 6) is -0.422. The predicted octanol–water partition coefficient (Wildman–Crippen LogP) is 25.8. The Kier molecular flexibility index (Phi) is 75.0. The third kappa shape index (κ3) is 76.8. The number of aliphatic hydroxyl groups excluding tert-OH is 1. The van der Waals surface area contributed by atoms with Gasteiger partial charge in [0.1, 0.15) is 19.3 Å². The van der Waals surface area contributed by atoms with Crippen LogP contribution >= 0.6 is 15.6 Å². The van der Waals surface area contributed by atoms with E-state index < -0.39 is 97.5 Å². The molecular weight excluding hydrogens is 1350 g/mol. The summed E-state index contributed by atoms with van der Waals surface area (Å²) in [5, 5.41) is 10.7. The monoisotopic (exact) mass is 1520 g/mol. The summed E-state index contributed by atoms with van der Waals surface area (Å²) in [7, 11) is -9.92. The van der Waals surface area contributed by atoms with E-state index in [1.807, 2.05) is 0 Å². The fourth-order valence-corrected chi connectivity index (χ4v) is 14.8. The number of hydrogen-bond acceptors (Lipinski definition) is 15. The number of aliphatic hydroxyl groups is 1. The van der Waals surface area contributed by atoms with Gasteiger partial charge < -0.3 is 33.8 Å². The van der Waals surface area contributed by atoms with Gasteiger partial charge in [-0.15, -0.1) is 0 Å². The highest BCUT2D eigenvalue weighted by molar-refractivity contribution is 7.47. The van der Waals surface area contributed by atoms with Crippen molar-refractivity contribution in [2.24, 2.45) is 11.8 Å². The van der Waals surface area contributed by atoms with Crippen LogP contribution in [0, 0.1) is 11.8 Å². The highest BCUT2D eigenvalue weighted by Gasteiger charge is 2.30. The Hall–Kier alpha value is -1.94. The molecule has 3 unspecified atom stereocenters. The van der Waals surface area contributed by atoms with E-state index in [0.29, 0.717) is 25.7 Å². The van der Waals surface area contributed by atoms with Gasteiger partial charge in [-0.25, -0.2) is 9.13 Å². The summed E-state index contributed by atoms with van der Waals surface area (Å²) in [6.07, 6.45) is 68.1. The summed E-state index contributed by atoms with van der Waals surface area (Å²) in [6, 6.07) is 0. The van der Waals surface area contributed by atoms with Gasteiger partial charge in [0, 0.05) is 25.7 Å².